The highest BCUT2D eigenvalue weighted by Crippen LogP contribution is 2.34. The van der Waals surface area contributed by atoms with Crippen molar-refractivity contribution in [2.24, 2.45) is 10.2 Å². The van der Waals surface area contributed by atoms with Gasteiger partial charge < -0.3 is 0 Å². The van der Waals surface area contributed by atoms with Gasteiger partial charge >= 0.3 is 0 Å². The minimum Gasteiger partial charge on any atom is -0.274 e. The lowest BCUT2D eigenvalue weighted by Crippen LogP contribution is -1.95. The van der Waals surface area contributed by atoms with Gasteiger partial charge in [-0.05, 0) is 24.3 Å². The maximum absolute atomic E-state index is 9.30. The molecule has 2 aromatic heterocycles. The lowest BCUT2D eigenvalue weighted by Gasteiger charge is -2.09. The molecule has 0 bridgehead atoms. The maximum atomic E-state index is 9.30. The second-order valence-corrected chi connectivity index (χ2v) is 6.42. The van der Waals surface area contributed by atoms with Crippen LogP contribution in [0.25, 0.3) is 28.1 Å². The third-order valence-electron chi connectivity index (χ3n) is 4.65. The second-order valence-electron chi connectivity index (χ2n) is 6.42. The Bertz CT molecular complexity index is 1410. The molecule has 0 aliphatic carbocycles. The topological polar surface area (TPSA) is 78.7 Å². The van der Waals surface area contributed by atoms with E-state index in [4.69, 9.17) is 0 Å². The summed E-state index contributed by atoms with van der Waals surface area (Å²) in [5, 5.41) is 18.1. The van der Waals surface area contributed by atoms with E-state index in [0.29, 0.717) is 22.7 Å². The van der Waals surface area contributed by atoms with Crippen LogP contribution in [0, 0.1) is 11.3 Å². The summed E-state index contributed by atoms with van der Waals surface area (Å²) in [6.45, 7) is 0. The summed E-state index contributed by atoms with van der Waals surface area (Å²) in [7, 11) is 0. The van der Waals surface area contributed by atoms with Crippen LogP contribution in [0.4, 0.5) is 11.4 Å². The minimum atomic E-state index is 0.472. The van der Waals surface area contributed by atoms with Crippen LogP contribution in [0.5, 0.6) is 0 Å². The molecule has 2 heterocycles. The van der Waals surface area contributed by atoms with Crippen LogP contribution in [0.15, 0.2) is 95.3 Å². The summed E-state index contributed by atoms with van der Waals surface area (Å²) in [6.07, 6.45) is 1.67. The van der Waals surface area contributed by atoms with E-state index >= 15 is 0 Å². The molecule has 0 atom stereocenters. The molecule has 3 aromatic carbocycles. The minimum absolute atomic E-state index is 0.472. The zero-order chi connectivity index (χ0) is 19.6. The molecular formula is C23H14N6. The summed E-state index contributed by atoms with van der Waals surface area (Å²) < 4.78 is 2.00. The largest absolute Gasteiger partial charge is 0.274 e. The predicted octanol–water partition coefficient (Wildman–Crippen LogP) is 5.84. The van der Waals surface area contributed by atoms with E-state index in [1.807, 2.05) is 65.1 Å². The van der Waals surface area contributed by atoms with Gasteiger partial charge in [0, 0.05) is 5.56 Å². The molecular weight excluding hydrogens is 360 g/mol. The van der Waals surface area contributed by atoms with E-state index in [9.17, 15) is 5.26 Å². The molecule has 0 amide bonds. The lowest BCUT2D eigenvalue weighted by atomic mass is 10.1. The Balaban J connectivity index is 1.79. The molecule has 0 radical (unpaired) electrons. The molecule has 0 unspecified atom stereocenters. The Hall–Kier alpha value is -4.37. The van der Waals surface area contributed by atoms with Crippen molar-refractivity contribution >= 4 is 28.2 Å². The molecule has 29 heavy (non-hydrogen) atoms. The Kier molecular flexibility index (Phi) is 4.04. The number of fused-ring (bicyclic) bond motifs is 3. The molecule has 0 spiro atoms. The average Bonchev–Trinajstić information content (AvgIpc) is 3.17. The van der Waals surface area contributed by atoms with Crippen molar-refractivity contribution in [1.29, 1.82) is 5.26 Å². The van der Waals surface area contributed by atoms with Crippen molar-refractivity contribution in [2.75, 3.05) is 0 Å². The van der Waals surface area contributed by atoms with Gasteiger partial charge in [0.05, 0.1) is 28.5 Å². The summed E-state index contributed by atoms with van der Waals surface area (Å²) in [5.74, 6) is 0.599. The summed E-state index contributed by atoms with van der Waals surface area (Å²) in [6, 6.07) is 27.1. The zero-order valence-corrected chi connectivity index (χ0v) is 15.3. The van der Waals surface area contributed by atoms with Gasteiger partial charge in [-0.2, -0.15) is 5.26 Å². The first-order chi connectivity index (χ1) is 14.3. The van der Waals surface area contributed by atoms with Gasteiger partial charge in [0.2, 0.25) is 5.78 Å². The average molecular weight is 374 g/mol. The standard InChI is InChI=1S/C23H14N6/c24-14-17-10-4-5-11-18(17)27-28-20-15-25-23-26-19-12-6-7-13-21(19)29(23)22(20)16-8-2-1-3-9-16/h1-13,15H. The Morgan fingerprint density at radius 3 is 2.38 bits per heavy atom. The van der Waals surface area contributed by atoms with E-state index in [1.165, 1.54) is 0 Å². The van der Waals surface area contributed by atoms with Crippen LogP contribution in [0.3, 0.4) is 0 Å². The van der Waals surface area contributed by atoms with Gasteiger partial charge in [-0.15, -0.1) is 10.2 Å². The highest BCUT2D eigenvalue weighted by atomic mass is 15.2. The Labute approximate surface area is 166 Å². The van der Waals surface area contributed by atoms with Crippen molar-refractivity contribution < 1.29 is 0 Å². The second kappa shape index (κ2) is 6.98. The molecule has 0 fully saturated rings. The normalized spacial score (nSPS) is 11.3. The van der Waals surface area contributed by atoms with Crippen LogP contribution in [0.2, 0.25) is 0 Å². The molecule has 136 valence electrons. The number of benzene rings is 3. The number of para-hydroxylation sites is 2. The van der Waals surface area contributed by atoms with Crippen molar-refractivity contribution in [1.82, 2.24) is 14.4 Å². The van der Waals surface area contributed by atoms with Gasteiger partial charge in [0.25, 0.3) is 0 Å². The summed E-state index contributed by atoms with van der Waals surface area (Å²) in [5.41, 5.74) is 5.22. The van der Waals surface area contributed by atoms with Crippen molar-refractivity contribution in [2.45, 2.75) is 0 Å². The lowest BCUT2D eigenvalue weighted by molar-refractivity contribution is 1.11. The first kappa shape index (κ1) is 16.8. The molecule has 0 N–H and O–H groups in total. The first-order valence-electron chi connectivity index (χ1n) is 9.07. The monoisotopic (exact) mass is 374 g/mol. The van der Waals surface area contributed by atoms with Crippen LogP contribution in [0.1, 0.15) is 5.56 Å². The zero-order valence-electron chi connectivity index (χ0n) is 15.3. The molecule has 0 saturated heterocycles. The van der Waals surface area contributed by atoms with Crippen LogP contribution in [-0.4, -0.2) is 14.4 Å². The number of hydrogen-bond donors (Lipinski definition) is 0. The fourth-order valence-electron chi connectivity index (χ4n) is 3.32. The van der Waals surface area contributed by atoms with Crippen LogP contribution >= 0.6 is 0 Å². The summed E-state index contributed by atoms with van der Waals surface area (Å²) >= 11 is 0. The highest BCUT2D eigenvalue weighted by Gasteiger charge is 2.15. The fourth-order valence-corrected chi connectivity index (χ4v) is 3.32. The van der Waals surface area contributed by atoms with E-state index in [1.54, 1.807) is 24.4 Å². The molecule has 5 aromatic rings. The number of rotatable bonds is 3. The quantitative estimate of drug-likeness (QED) is 0.372. The first-order valence-corrected chi connectivity index (χ1v) is 9.07. The smallest absolute Gasteiger partial charge is 0.235 e. The Morgan fingerprint density at radius 1 is 0.793 bits per heavy atom. The van der Waals surface area contributed by atoms with Crippen molar-refractivity contribution in [3.63, 3.8) is 0 Å². The third kappa shape index (κ3) is 2.91. The van der Waals surface area contributed by atoms with Gasteiger partial charge in [-0.1, -0.05) is 54.6 Å². The number of azo groups is 1. The molecule has 6 nitrogen and oxygen atoms in total. The number of nitrogens with zero attached hydrogens (tertiary/aromatic N) is 6. The summed E-state index contributed by atoms with van der Waals surface area (Å²) in [4.78, 5) is 9.12. The van der Waals surface area contributed by atoms with Crippen molar-refractivity contribution in [3.05, 3.63) is 90.6 Å². The number of nitriles is 1. The molecule has 0 aliphatic rings. The van der Waals surface area contributed by atoms with Crippen LogP contribution < -0.4 is 0 Å². The van der Waals surface area contributed by atoms with Gasteiger partial charge in [0.1, 0.15) is 17.4 Å². The molecule has 0 saturated carbocycles. The fraction of sp³-hybridized carbons (Fsp3) is 0. The number of hydrogen-bond acceptors (Lipinski definition) is 5. The number of aromatic nitrogens is 3. The molecule has 0 aliphatic heterocycles. The van der Waals surface area contributed by atoms with E-state index in [0.717, 1.165) is 22.3 Å². The third-order valence-corrected chi connectivity index (χ3v) is 4.65. The Morgan fingerprint density at radius 2 is 1.52 bits per heavy atom. The molecule has 5 rings (SSSR count). The predicted molar refractivity (Wildman–Crippen MR) is 111 cm³/mol. The SMILES string of the molecule is N#Cc1ccccc1N=Nc1cnc2nc3ccccc3n2c1-c1ccccc1. The van der Waals surface area contributed by atoms with Crippen LogP contribution in [-0.2, 0) is 0 Å². The van der Waals surface area contributed by atoms with Gasteiger partial charge in [-0.3, -0.25) is 4.40 Å². The van der Waals surface area contributed by atoms with E-state index in [2.05, 4.69) is 26.3 Å². The maximum Gasteiger partial charge on any atom is 0.235 e. The van der Waals surface area contributed by atoms with E-state index < -0.39 is 0 Å². The highest BCUT2D eigenvalue weighted by molar-refractivity contribution is 5.85. The molecule has 6 heteroatoms. The van der Waals surface area contributed by atoms with E-state index in [-0.39, 0.29) is 0 Å². The van der Waals surface area contributed by atoms with Gasteiger partial charge in [0.15, 0.2) is 0 Å². The number of imidazole rings is 1. The van der Waals surface area contributed by atoms with Gasteiger partial charge in [-0.25, -0.2) is 9.97 Å². The van der Waals surface area contributed by atoms with Crippen molar-refractivity contribution in [3.8, 4) is 17.3 Å².